The Morgan fingerprint density at radius 3 is 2.54 bits per heavy atom. The van der Waals surface area contributed by atoms with Crippen molar-refractivity contribution in [3.8, 4) is 28.7 Å². The van der Waals surface area contributed by atoms with Gasteiger partial charge in [-0.15, -0.1) is 0 Å². The van der Waals surface area contributed by atoms with E-state index < -0.39 is 17.7 Å². The van der Waals surface area contributed by atoms with Crippen LogP contribution >= 0.6 is 0 Å². The van der Waals surface area contributed by atoms with E-state index in [0.29, 0.717) is 43.7 Å². The van der Waals surface area contributed by atoms with Crippen LogP contribution in [0.4, 0.5) is 13.6 Å². The topological polar surface area (TPSA) is 82.4 Å². The van der Waals surface area contributed by atoms with Gasteiger partial charge in [-0.2, -0.15) is 0 Å². The van der Waals surface area contributed by atoms with Gasteiger partial charge >= 0.3 is 6.09 Å². The molecule has 0 spiro atoms. The van der Waals surface area contributed by atoms with Gasteiger partial charge in [0.05, 0.1) is 5.69 Å². The molecule has 0 N–H and O–H groups in total. The standard InChI is InChI=1S/C25H21F2N5O3/c26-18-6-7-22(20(27)12-18)35-25(33)31-10-8-19(9-11-31)34-24-13-23(28-15-29-24)32-14-21(30-16-32)17-4-2-1-3-5-17/h1-7,12-16,19H,8-11H2. The van der Waals surface area contributed by atoms with Crippen molar-refractivity contribution in [3.63, 3.8) is 0 Å². The van der Waals surface area contributed by atoms with E-state index in [0.717, 1.165) is 23.4 Å². The summed E-state index contributed by atoms with van der Waals surface area (Å²) >= 11 is 0. The van der Waals surface area contributed by atoms with Crippen molar-refractivity contribution < 1.29 is 23.0 Å². The Morgan fingerprint density at radius 2 is 1.77 bits per heavy atom. The average Bonchev–Trinajstić information content (AvgIpc) is 3.37. The molecule has 0 radical (unpaired) electrons. The molecule has 8 nitrogen and oxygen atoms in total. The predicted molar refractivity (Wildman–Crippen MR) is 122 cm³/mol. The van der Waals surface area contributed by atoms with Gasteiger partial charge < -0.3 is 14.4 Å². The van der Waals surface area contributed by atoms with E-state index in [9.17, 15) is 13.6 Å². The summed E-state index contributed by atoms with van der Waals surface area (Å²) in [5.41, 5.74) is 1.83. The van der Waals surface area contributed by atoms with Gasteiger partial charge in [0, 0.05) is 49.8 Å². The third-order valence-electron chi connectivity index (χ3n) is 5.62. The first-order valence-electron chi connectivity index (χ1n) is 11.1. The van der Waals surface area contributed by atoms with Crippen molar-refractivity contribution in [2.45, 2.75) is 18.9 Å². The van der Waals surface area contributed by atoms with E-state index in [1.54, 1.807) is 17.0 Å². The summed E-state index contributed by atoms with van der Waals surface area (Å²) in [7, 11) is 0. The number of halogens is 2. The van der Waals surface area contributed by atoms with Crippen LogP contribution in [0.2, 0.25) is 0 Å². The molecule has 4 aromatic rings. The summed E-state index contributed by atoms with van der Waals surface area (Å²) < 4.78 is 39.7. The second-order valence-electron chi connectivity index (χ2n) is 7.99. The third kappa shape index (κ3) is 5.26. The van der Waals surface area contributed by atoms with Gasteiger partial charge in [-0.3, -0.25) is 4.57 Å². The number of ether oxygens (including phenoxy) is 2. The molecule has 0 bridgehead atoms. The minimum atomic E-state index is -0.926. The van der Waals surface area contributed by atoms with Crippen molar-refractivity contribution in [2.24, 2.45) is 0 Å². The summed E-state index contributed by atoms with van der Waals surface area (Å²) in [6.45, 7) is 0.735. The van der Waals surface area contributed by atoms with Crippen LogP contribution in [-0.4, -0.2) is 49.7 Å². The lowest BCUT2D eigenvalue weighted by Gasteiger charge is -2.31. The minimum Gasteiger partial charge on any atom is -0.474 e. The van der Waals surface area contributed by atoms with Crippen LogP contribution in [0.15, 0.2) is 73.4 Å². The Morgan fingerprint density at radius 1 is 0.971 bits per heavy atom. The maximum absolute atomic E-state index is 13.8. The summed E-state index contributed by atoms with van der Waals surface area (Å²) in [5.74, 6) is -0.938. The molecule has 1 aliphatic rings. The van der Waals surface area contributed by atoms with Crippen molar-refractivity contribution in [3.05, 3.63) is 85.1 Å². The summed E-state index contributed by atoms with van der Waals surface area (Å²) in [6, 6.07) is 14.4. The summed E-state index contributed by atoms with van der Waals surface area (Å²) in [5, 5.41) is 0. The maximum atomic E-state index is 13.8. The number of amides is 1. The van der Waals surface area contributed by atoms with E-state index in [1.165, 1.54) is 11.2 Å². The molecule has 5 rings (SSSR count). The summed E-state index contributed by atoms with van der Waals surface area (Å²) in [6.07, 6.45) is 5.24. The van der Waals surface area contributed by atoms with Gasteiger partial charge in [0.1, 0.15) is 30.4 Å². The number of rotatable bonds is 5. The third-order valence-corrected chi connectivity index (χ3v) is 5.62. The van der Waals surface area contributed by atoms with E-state index in [-0.39, 0.29) is 11.9 Å². The second-order valence-corrected chi connectivity index (χ2v) is 7.99. The van der Waals surface area contributed by atoms with E-state index >= 15 is 0 Å². The number of hydrogen-bond acceptors (Lipinski definition) is 6. The highest BCUT2D eigenvalue weighted by molar-refractivity contribution is 5.70. The molecule has 35 heavy (non-hydrogen) atoms. The zero-order valence-corrected chi connectivity index (χ0v) is 18.6. The number of nitrogens with zero attached hydrogens (tertiary/aromatic N) is 5. The average molecular weight is 477 g/mol. The SMILES string of the molecule is O=C(Oc1ccc(F)cc1F)N1CCC(Oc2cc(-n3cnc(-c4ccccc4)c3)ncn2)CC1. The van der Waals surface area contributed by atoms with Crippen LogP contribution in [0.5, 0.6) is 11.6 Å². The number of likely N-dealkylation sites (tertiary alicyclic amines) is 1. The Bertz CT molecular complexity index is 1320. The lowest BCUT2D eigenvalue weighted by molar-refractivity contribution is 0.0897. The second kappa shape index (κ2) is 9.88. The highest BCUT2D eigenvalue weighted by atomic mass is 19.1. The molecule has 0 saturated carbocycles. The zero-order valence-electron chi connectivity index (χ0n) is 18.6. The molecule has 2 aromatic carbocycles. The number of imidazole rings is 1. The molecule has 3 heterocycles. The first-order valence-corrected chi connectivity index (χ1v) is 11.1. The monoisotopic (exact) mass is 477 g/mol. The summed E-state index contributed by atoms with van der Waals surface area (Å²) in [4.78, 5) is 26.8. The number of piperidine rings is 1. The fraction of sp³-hybridized carbons (Fsp3) is 0.200. The Labute approximate surface area is 199 Å². The van der Waals surface area contributed by atoms with Gasteiger partial charge in [-0.05, 0) is 12.1 Å². The van der Waals surface area contributed by atoms with Crippen molar-refractivity contribution in [1.82, 2.24) is 24.4 Å². The quantitative estimate of drug-likeness (QED) is 0.416. The zero-order chi connectivity index (χ0) is 24.2. The molecule has 0 unspecified atom stereocenters. The van der Waals surface area contributed by atoms with Crippen LogP contribution in [0.3, 0.4) is 0 Å². The van der Waals surface area contributed by atoms with Gasteiger partial charge in [0.2, 0.25) is 5.88 Å². The Kier molecular flexibility index (Phi) is 6.34. The van der Waals surface area contributed by atoms with Gasteiger partial charge in [-0.1, -0.05) is 30.3 Å². The lowest BCUT2D eigenvalue weighted by Crippen LogP contribution is -2.43. The molecule has 10 heteroatoms. The Hall–Kier alpha value is -4.34. The number of carbonyl (C=O) groups is 1. The fourth-order valence-electron chi connectivity index (χ4n) is 3.79. The maximum Gasteiger partial charge on any atom is 0.415 e. The van der Waals surface area contributed by atoms with Gasteiger partial charge in [-0.25, -0.2) is 28.5 Å². The first kappa shape index (κ1) is 22.5. The van der Waals surface area contributed by atoms with E-state index in [1.807, 2.05) is 36.5 Å². The van der Waals surface area contributed by atoms with Gasteiger partial charge in [0.25, 0.3) is 0 Å². The molecule has 1 amide bonds. The lowest BCUT2D eigenvalue weighted by atomic mass is 10.1. The van der Waals surface area contributed by atoms with Crippen LogP contribution in [0.1, 0.15) is 12.8 Å². The molecule has 178 valence electrons. The van der Waals surface area contributed by atoms with Crippen LogP contribution < -0.4 is 9.47 Å². The molecule has 1 saturated heterocycles. The number of aromatic nitrogens is 4. The van der Waals surface area contributed by atoms with Gasteiger partial charge in [0.15, 0.2) is 11.6 Å². The van der Waals surface area contributed by atoms with E-state index in [4.69, 9.17) is 9.47 Å². The van der Waals surface area contributed by atoms with Crippen LogP contribution in [-0.2, 0) is 0 Å². The number of benzene rings is 2. The smallest absolute Gasteiger partial charge is 0.415 e. The fourth-order valence-corrected chi connectivity index (χ4v) is 3.79. The van der Waals surface area contributed by atoms with Crippen molar-refractivity contribution in [2.75, 3.05) is 13.1 Å². The van der Waals surface area contributed by atoms with Crippen molar-refractivity contribution in [1.29, 1.82) is 0 Å². The largest absolute Gasteiger partial charge is 0.474 e. The highest BCUT2D eigenvalue weighted by Crippen LogP contribution is 2.23. The molecule has 0 aliphatic carbocycles. The first-order chi connectivity index (χ1) is 17.0. The molecule has 0 atom stereocenters. The van der Waals surface area contributed by atoms with E-state index in [2.05, 4.69) is 15.0 Å². The number of carbonyl (C=O) groups excluding carboxylic acids is 1. The van der Waals surface area contributed by atoms with Crippen molar-refractivity contribution >= 4 is 6.09 Å². The molecular weight excluding hydrogens is 456 g/mol. The molecule has 1 fully saturated rings. The minimum absolute atomic E-state index is 0.160. The molecule has 2 aromatic heterocycles. The predicted octanol–water partition coefficient (Wildman–Crippen LogP) is 4.65. The highest BCUT2D eigenvalue weighted by Gasteiger charge is 2.26. The molecule has 1 aliphatic heterocycles. The Balaban J connectivity index is 1.17. The van der Waals surface area contributed by atoms with Crippen LogP contribution in [0.25, 0.3) is 17.1 Å². The normalized spacial score (nSPS) is 14.1. The number of hydrogen-bond donors (Lipinski definition) is 0. The molecular formula is C25H21F2N5O3. The van der Waals surface area contributed by atoms with Crippen LogP contribution in [0, 0.1) is 11.6 Å².